The molecule has 0 atom stereocenters. The van der Waals surface area contributed by atoms with Gasteiger partial charge in [-0.1, -0.05) is 0 Å². The molecule has 0 unspecified atom stereocenters. The predicted octanol–water partition coefficient (Wildman–Crippen LogP) is 1.57. The van der Waals surface area contributed by atoms with Gasteiger partial charge in [-0.05, 0) is 37.1 Å². The summed E-state index contributed by atoms with van der Waals surface area (Å²) >= 11 is 0. The van der Waals surface area contributed by atoms with Crippen LogP contribution in [0.3, 0.4) is 0 Å². The molecule has 134 valence electrons. The van der Waals surface area contributed by atoms with Gasteiger partial charge in [0, 0.05) is 26.3 Å². The molecular formula is C16H23NO6S. The molecule has 0 aliphatic rings. The van der Waals surface area contributed by atoms with Crippen LogP contribution in [0.1, 0.15) is 25.7 Å². The quantitative estimate of drug-likeness (QED) is 0.638. The highest BCUT2D eigenvalue weighted by Gasteiger charge is 2.10. The van der Waals surface area contributed by atoms with Crippen molar-refractivity contribution < 1.29 is 27.9 Å². The van der Waals surface area contributed by atoms with E-state index in [1.807, 2.05) is 0 Å². The van der Waals surface area contributed by atoms with Crippen molar-refractivity contribution >= 4 is 21.7 Å². The fraction of sp³-hybridized carbons (Fsp3) is 0.500. The Morgan fingerprint density at radius 2 is 1.75 bits per heavy atom. The van der Waals surface area contributed by atoms with E-state index in [9.17, 15) is 18.0 Å². The van der Waals surface area contributed by atoms with Gasteiger partial charge in [0.2, 0.25) is 5.91 Å². The van der Waals surface area contributed by atoms with E-state index < -0.39 is 15.8 Å². The number of carboxylic acids is 1. The lowest BCUT2D eigenvalue weighted by Gasteiger charge is -2.15. The highest BCUT2D eigenvalue weighted by Crippen LogP contribution is 2.16. The van der Waals surface area contributed by atoms with Gasteiger partial charge in [-0.15, -0.1) is 0 Å². The Hall–Kier alpha value is -2.09. The van der Waals surface area contributed by atoms with E-state index in [1.54, 1.807) is 19.2 Å². The van der Waals surface area contributed by atoms with Crippen LogP contribution in [-0.4, -0.2) is 56.8 Å². The fourth-order valence-electron chi connectivity index (χ4n) is 1.93. The second-order valence-corrected chi connectivity index (χ2v) is 7.52. The number of hydrogen-bond acceptors (Lipinski definition) is 5. The van der Waals surface area contributed by atoms with Gasteiger partial charge in [0.1, 0.15) is 5.75 Å². The summed E-state index contributed by atoms with van der Waals surface area (Å²) in [6.45, 7) is 0.627. The van der Waals surface area contributed by atoms with E-state index >= 15 is 0 Å². The van der Waals surface area contributed by atoms with Crippen LogP contribution in [0.5, 0.6) is 5.75 Å². The van der Waals surface area contributed by atoms with Crippen molar-refractivity contribution in [3.8, 4) is 5.75 Å². The molecule has 1 aromatic rings. The number of hydrogen-bond donors (Lipinski definition) is 1. The Bertz CT molecular complexity index is 654. The maximum atomic E-state index is 11.8. The topological polar surface area (TPSA) is 101 Å². The van der Waals surface area contributed by atoms with E-state index in [0.29, 0.717) is 31.6 Å². The zero-order chi connectivity index (χ0) is 18.2. The summed E-state index contributed by atoms with van der Waals surface area (Å²) in [5.74, 6) is -0.439. The Balaban J connectivity index is 2.24. The Morgan fingerprint density at radius 3 is 2.29 bits per heavy atom. The predicted molar refractivity (Wildman–Crippen MR) is 88.8 cm³/mol. The van der Waals surface area contributed by atoms with Gasteiger partial charge in [-0.3, -0.25) is 9.59 Å². The normalized spacial score (nSPS) is 11.1. The molecule has 0 bridgehead atoms. The Kier molecular flexibility index (Phi) is 7.70. The van der Waals surface area contributed by atoms with Crippen molar-refractivity contribution in [1.29, 1.82) is 0 Å². The Morgan fingerprint density at radius 1 is 1.12 bits per heavy atom. The minimum Gasteiger partial charge on any atom is -0.494 e. The average molecular weight is 357 g/mol. The van der Waals surface area contributed by atoms with E-state index in [4.69, 9.17) is 9.84 Å². The monoisotopic (exact) mass is 357 g/mol. The molecule has 0 spiro atoms. The number of amides is 1. The first-order chi connectivity index (χ1) is 11.2. The first kappa shape index (κ1) is 20.0. The van der Waals surface area contributed by atoms with Crippen LogP contribution in [0.15, 0.2) is 29.2 Å². The lowest BCUT2D eigenvalue weighted by atomic mass is 10.2. The molecule has 7 nitrogen and oxygen atoms in total. The number of benzene rings is 1. The summed E-state index contributed by atoms with van der Waals surface area (Å²) in [5, 5.41) is 8.57. The van der Waals surface area contributed by atoms with Crippen LogP contribution >= 0.6 is 0 Å². The average Bonchev–Trinajstić information content (AvgIpc) is 2.51. The van der Waals surface area contributed by atoms with Gasteiger partial charge in [0.05, 0.1) is 17.9 Å². The summed E-state index contributed by atoms with van der Waals surface area (Å²) in [4.78, 5) is 23.9. The third-order valence-electron chi connectivity index (χ3n) is 3.39. The van der Waals surface area contributed by atoms with E-state index in [2.05, 4.69) is 0 Å². The molecule has 0 saturated heterocycles. The maximum absolute atomic E-state index is 11.8. The number of rotatable bonds is 10. The fourth-order valence-corrected chi connectivity index (χ4v) is 2.56. The van der Waals surface area contributed by atoms with E-state index in [1.165, 1.54) is 17.0 Å². The minimum atomic E-state index is -3.21. The molecule has 0 aliphatic carbocycles. The standard InChI is InChI=1S/C16H23NO6S/c1-17(11-10-16(19)20)15(18)5-3-4-12-23-13-6-8-14(9-7-13)24(2,21)22/h6-9H,3-5,10-12H2,1-2H3,(H,19,20). The van der Waals surface area contributed by atoms with Gasteiger partial charge in [-0.25, -0.2) is 8.42 Å². The van der Waals surface area contributed by atoms with Gasteiger partial charge < -0.3 is 14.7 Å². The first-order valence-electron chi connectivity index (χ1n) is 7.59. The van der Waals surface area contributed by atoms with Crippen molar-refractivity contribution in [2.45, 2.75) is 30.6 Å². The number of ether oxygens (including phenoxy) is 1. The highest BCUT2D eigenvalue weighted by molar-refractivity contribution is 7.90. The van der Waals surface area contributed by atoms with E-state index in [0.717, 1.165) is 6.26 Å². The molecule has 0 aliphatic heterocycles. The van der Waals surface area contributed by atoms with Crippen molar-refractivity contribution in [2.24, 2.45) is 0 Å². The Labute approximate surface area is 142 Å². The van der Waals surface area contributed by atoms with Crippen LogP contribution in [-0.2, 0) is 19.4 Å². The van der Waals surface area contributed by atoms with Crippen LogP contribution in [0.25, 0.3) is 0 Å². The number of carbonyl (C=O) groups excluding carboxylic acids is 1. The molecule has 0 aromatic heterocycles. The largest absolute Gasteiger partial charge is 0.494 e. The maximum Gasteiger partial charge on any atom is 0.305 e. The second-order valence-electron chi connectivity index (χ2n) is 5.51. The number of aliphatic carboxylic acids is 1. The molecule has 1 amide bonds. The second kappa shape index (κ2) is 9.27. The lowest BCUT2D eigenvalue weighted by Crippen LogP contribution is -2.28. The van der Waals surface area contributed by atoms with Crippen LogP contribution < -0.4 is 4.74 Å². The van der Waals surface area contributed by atoms with Crippen molar-refractivity contribution in [3.05, 3.63) is 24.3 Å². The summed E-state index contributed by atoms with van der Waals surface area (Å²) in [6, 6.07) is 6.18. The molecule has 1 aromatic carbocycles. The number of carboxylic acid groups (broad SMARTS) is 1. The SMILES string of the molecule is CN(CCC(=O)O)C(=O)CCCCOc1ccc(S(C)(=O)=O)cc1. The van der Waals surface area contributed by atoms with Crippen LogP contribution in [0, 0.1) is 0 Å². The molecular weight excluding hydrogens is 334 g/mol. The molecule has 1 rings (SSSR count). The third-order valence-corrected chi connectivity index (χ3v) is 4.52. The lowest BCUT2D eigenvalue weighted by molar-refractivity contribution is -0.138. The van der Waals surface area contributed by atoms with Crippen molar-refractivity contribution in [1.82, 2.24) is 4.90 Å². The molecule has 0 fully saturated rings. The van der Waals surface area contributed by atoms with Crippen molar-refractivity contribution in [2.75, 3.05) is 26.5 Å². The van der Waals surface area contributed by atoms with Crippen LogP contribution in [0.4, 0.5) is 0 Å². The number of nitrogens with zero attached hydrogens (tertiary/aromatic N) is 1. The molecule has 8 heteroatoms. The van der Waals surface area contributed by atoms with Crippen molar-refractivity contribution in [3.63, 3.8) is 0 Å². The van der Waals surface area contributed by atoms with Gasteiger partial charge >= 0.3 is 5.97 Å². The van der Waals surface area contributed by atoms with Gasteiger partial charge in [0.25, 0.3) is 0 Å². The third kappa shape index (κ3) is 7.45. The van der Waals surface area contributed by atoms with E-state index in [-0.39, 0.29) is 23.8 Å². The zero-order valence-electron chi connectivity index (χ0n) is 13.9. The molecule has 0 heterocycles. The molecule has 1 N–H and O–H groups in total. The first-order valence-corrected chi connectivity index (χ1v) is 9.48. The summed E-state index contributed by atoms with van der Waals surface area (Å²) in [6.07, 6.45) is 2.73. The number of sulfone groups is 1. The molecule has 0 saturated carbocycles. The number of carbonyl (C=O) groups is 2. The van der Waals surface area contributed by atoms with Gasteiger partial charge in [0.15, 0.2) is 9.84 Å². The molecule has 24 heavy (non-hydrogen) atoms. The van der Waals surface area contributed by atoms with Gasteiger partial charge in [-0.2, -0.15) is 0 Å². The van der Waals surface area contributed by atoms with Crippen LogP contribution in [0.2, 0.25) is 0 Å². The molecule has 0 radical (unpaired) electrons. The zero-order valence-corrected chi connectivity index (χ0v) is 14.7. The number of unbranched alkanes of at least 4 members (excludes halogenated alkanes) is 1. The summed E-state index contributed by atoms with van der Waals surface area (Å²) in [7, 11) is -1.62. The summed E-state index contributed by atoms with van der Waals surface area (Å²) in [5.41, 5.74) is 0. The summed E-state index contributed by atoms with van der Waals surface area (Å²) < 4.78 is 28.2. The smallest absolute Gasteiger partial charge is 0.305 e. The minimum absolute atomic E-state index is 0.0607. The highest BCUT2D eigenvalue weighted by atomic mass is 32.2.